The zero-order valence-corrected chi connectivity index (χ0v) is 12.2. The highest BCUT2D eigenvalue weighted by molar-refractivity contribution is 5.95. The van der Waals surface area contributed by atoms with Crippen molar-refractivity contribution in [3.05, 3.63) is 53.1 Å². The topological polar surface area (TPSA) is 84.2 Å². The molecule has 116 valence electrons. The molecule has 1 atom stereocenters. The van der Waals surface area contributed by atoms with Crippen LogP contribution in [0.15, 0.2) is 30.5 Å². The van der Waals surface area contributed by atoms with Crippen LogP contribution in [0.4, 0.5) is 4.39 Å². The molecular weight excluding hydrogens is 289 g/mol. The minimum absolute atomic E-state index is 0.295. The van der Waals surface area contributed by atoms with Crippen molar-refractivity contribution in [3.63, 3.8) is 0 Å². The van der Waals surface area contributed by atoms with Crippen molar-refractivity contribution >= 4 is 11.9 Å². The van der Waals surface area contributed by atoms with Crippen molar-refractivity contribution in [3.8, 4) is 0 Å². The van der Waals surface area contributed by atoms with Gasteiger partial charge in [-0.2, -0.15) is 5.10 Å². The average Bonchev–Trinajstić information content (AvgIpc) is 2.78. The summed E-state index contributed by atoms with van der Waals surface area (Å²) in [6.45, 7) is 1.74. The van der Waals surface area contributed by atoms with Gasteiger partial charge in [0.1, 0.15) is 5.82 Å². The molecular formula is C15H16FN3O3. The Morgan fingerprint density at radius 2 is 2.00 bits per heavy atom. The lowest BCUT2D eigenvalue weighted by molar-refractivity contribution is -0.137. The summed E-state index contributed by atoms with van der Waals surface area (Å²) < 4.78 is 14.5. The molecule has 2 N–H and O–H groups in total. The van der Waals surface area contributed by atoms with Gasteiger partial charge in [0.05, 0.1) is 24.2 Å². The summed E-state index contributed by atoms with van der Waals surface area (Å²) in [7, 11) is 1.71. The van der Waals surface area contributed by atoms with E-state index in [-0.39, 0.29) is 6.42 Å². The van der Waals surface area contributed by atoms with Crippen LogP contribution in [0, 0.1) is 12.7 Å². The fourth-order valence-corrected chi connectivity index (χ4v) is 2.08. The lowest BCUT2D eigenvalue weighted by Crippen LogP contribution is -2.30. The van der Waals surface area contributed by atoms with Gasteiger partial charge in [-0.05, 0) is 24.6 Å². The molecule has 2 aromatic rings. The second-order valence-corrected chi connectivity index (χ2v) is 4.94. The number of aliphatic carboxylic acids is 1. The Morgan fingerprint density at radius 3 is 2.50 bits per heavy atom. The van der Waals surface area contributed by atoms with Gasteiger partial charge in [0.2, 0.25) is 0 Å². The normalized spacial score (nSPS) is 12.0. The monoisotopic (exact) mass is 305 g/mol. The molecule has 0 spiro atoms. The number of halogens is 1. The van der Waals surface area contributed by atoms with E-state index in [4.69, 9.17) is 5.11 Å². The SMILES string of the molecule is Cc1c(C(=O)NC(CC(=O)O)c2ccc(F)cc2)cnn1C. The van der Waals surface area contributed by atoms with E-state index in [1.807, 2.05) is 0 Å². The van der Waals surface area contributed by atoms with Gasteiger partial charge in [0, 0.05) is 12.7 Å². The van der Waals surface area contributed by atoms with Crippen molar-refractivity contribution in [1.29, 1.82) is 0 Å². The lowest BCUT2D eigenvalue weighted by Gasteiger charge is -2.17. The first-order valence-corrected chi connectivity index (χ1v) is 6.65. The molecule has 0 fully saturated rings. The molecule has 0 saturated heterocycles. The highest BCUT2D eigenvalue weighted by atomic mass is 19.1. The molecule has 6 nitrogen and oxygen atoms in total. The quantitative estimate of drug-likeness (QED) is 0.882. The molecule has 22 heavy (non-hydrogen) atoms. The molecule has 0 aliphatic rings. The van der Waals surface area contributed by atoms with Gasteiger partial charge in [-0.3, -0.25) is 14.3 Å². The van der Waals surface area contributed by atoms with Crippen LogP contribution in [0.25, 0.3) is 0 Å². The number of nitrogens with zero attached hydrogens (tertiary/aromatic N) is 2. The Hall–Kier alpha value is -2.70. The first-order chi connectivity index (χ1) is 10.4. The Morgan fingerprint density at radius 1 is 1.36 bits per heavy atom. The zero-order chi connectivity index (χ0) is 16.3. The van der Waals surface area contributed by atoms with Gasteiger partial charge in [0.25, 0.3) is 5.91 Å². The largest absolute Gasteiger partial charge is 0.481 e. The fourth-order valence-electron chi connectivity index (χ4n) is 2.08. The van der Waals surface area contributed by atoms with E-state index in [1.165, 1.54) is 30.5 Å². The second kappa shape index (κ2) is 6.38. The average molecular weight is 305 g/mol. The van der Waals surface area contributed by atoms with E-state index in [0.29, 0.717) is 16.8 Å². The van der Waals surface area contributed by atoms with Crippen LogP contribution in [0.5, 0.6) is 0 Å². The molecule has 1 heterocycles. The molecule has 0 aliphatic heterocycles. The summed E-state index contributed by atoms with van der Waals surface area (Å²) in [5.74, 6) is -1.90. The standard InChI is InChI=1S/C15H16FN3O3/c1-9-12(8-17-19(9)2)15(22)18-13(7-14(20)21)10-3-5-11(16)6-4-10/h3-6,8,13H,7H2,1-2H3,(H,18,22)(H,20,21). The van der Waals surface area contributed by atoms with Crippen molar-refractivity contribution < 1.29 is 19.1 Å². The third-order valence-electron chi connectivity index (χ3n) is 3.44. The summed E-state index contributed by atoms with van der Waals surface area (Å²) in [4.78, 5) is 23.3. The molecule has 1 aromatic heterocycles. The maximum absolute atomic E-state index is 13.0. The predicted octanol–water partition coefficient (Wildman–Crippen LogP) is 1.81. The minimum atomic E-state index is -1.06. The Bertz CT molecular complexity index is 695. The summed E-state index contributed by atoms with van der Waals surface area (Å²) in [6.07, 6.45) is 1.13. The highest BCUT2D eigenvalue weighted by Crippen LogP contribution is 2.19. The number of carboxylic acids is 1. The number of carbonyl (C=O) groups is 2. The van der Waals surface area contributed by atoms with Crippen LogP contribution in [-0.4, -0.2) is 26.8 Å². The summed E-state index contributed by atoms with van der Waals surface area (Å²) in [5.41, 5.74) is 1.57. The van der Waals surface area contributed by atoms with E-state index in [1.54, 1.807) is 18.7 Å². The molecule has 2 rings (SSSR count). The molecule has 1 amide bonds. The summed E-state index contributed by atoms with van der Waals surface area (Å²) in [5, 5.41) is 15.6. The lowest BCUT2D eigenvalue weighted by atomic mass is 10.0. The van der Waals surface area contributed by atoms with Crippen molar-refractivity contribution in [2.45, 2.75) is 19.4 Å². The van der Waals surface area contributed by atoms with Gasteiger partial charge in [-0.1, -0.05) is 12.1 Å². The fraction of sp³-hybridized carbons (Fsp3) is 0.267. The van der Waals surface area contributed by atoms with Gasteiger partial charge in [-0.25, -0.2) is 4.39 Å². The number of hydrogen-bond acceptors (Lipinski definition) is 3. The van der Waals surface area contributed by atoms with Crippen LogP contribution in [-0.2, 0) is 11.8 Å². The van der Waals surface area contributed by atoms with E-state index in [2.05, 4.69) is 10.4 Å². The van der Waals surface area contributed by atoms with Crippen LogP contribution < -0.4 is 5.32 Å². The van der Waals surface area contributed by atoms with E-state index in [0.717, 1.165) is 0 Å². The number of carbonyl (C=O) groups excluding carboxylic acids is 1. The number of nitrogens with one attached hydrogen (secondary N) is 1. The van der Waals surface area contributed by atoms with Crippen LogP contribution in [0.1, 0.15) is 34.1 Å². The number of benzene rings is 1. The van der Waals surface area contributed by atoms with E-state index >= 15 is 0 Å². The van der Waals surface area contributed by atoms with Gasteiger partial charge >= 0.3 is 5.97 Å². The van der Waals surface area contributed by atoms with Gasteiger partial charge in [0.15, 0.2) is 0 Å². The maximum atomic E-state index is 13.0. The molecule has 1 aromatic carbocycles. The number of carboxylic acid groups (broad SMARTS) is 1. The number of hydrogen-bond donors (Lipinski definition) is 2. The maximum Gasteiger partial charge on any atom is 0.305 e. The number of amides is 1. The minimum Gasteiger partial charge on any atom is -0.481 e. The number of aromatic nitrogens is 2. The summed E-state index contributed by atoms with van der Waals surface area (Å²) in [6, 6.07) is 4.63. The smallest absolute Gasteiger partial charge is 0.305 e. The highest BCUT2D eigenvalue weighted by Gasteiger charge is 2.21. The third kappa shape index (κ3) is 3.49. The van der Waals surface area contributed by atoms with Crippen molar-refractivity contribution in [2.24, 2.45) is 7.05 Å². The van der Waals surface area contributed by atoms with Gasteiger partial charge < -0.3 is 10.4 Å². The zero-order valence-electron chi connectivity index (χ0n) is 12.2. The molecule has 0 saturated carbocycles. The van der Waals surface area contributed by atoms with Crippen molar-refractivity contribution in [2.75, 3.05) is 0 Å². The van der Waals surface area contributed by atoms with Crippen LogP contribution in [0.2, 0.25) is 0 Å². The van der Waals surface area contributed by atoms with E-state index < -0.39 is 23.7 Å². The Kier molecular flexibility index (Phi) is 4.55. The number of aryl methyl sites for hydroxylation is 1. The Labute approximate surface area is 126 Å². The first kappa shape index (κ1) is 15.7. The second-order valence-electron chi connectivity index (χ2n) is 4.94. The molecule has 1 unspecified atom stereocenters. The predicted molar refractivity (Wildman–Crippen MR) is 76.8 cm³/mol. The molecule has 0 radical (unpaired) electrons. The van der Waals surface area contributed by atoms with Crippen molar-refractivity contribution in [1.82, 2.24) is 15.1 Å². The Balaban J connectivity index is 2.23. The van der Waals surface area contributed by atoms with Crippen LogP contribution in [0.3, 0.4) is 0 Å². The van der Waals surface area contributed by atoms with Gasteiger partial charge in [-0.15, -0.1) is 0 Å². The van der Waals surface area contributed by atoms with E-state index in [9.17, 15) is 14.0 Å². The third-order valence-corrected chi connectivity index (χ3v) is 3.44. The molecule has 0 bridgehead atoms. The number of rotatable bonds is 5. The first-order valence-electron chi connectivity index (χ1n) is 6.65. The summed E-state index contributed by atoms with van der Waals surface area (Å²) >= 11 is 0. The molecule has 7 heteroatoms. The molecule has 0 aliphatic carbocycles. The van der Waals surface area contributed by atoms with Crippen LogP contribution >= 0.6 is 0 Å².